The minimum absolute atomic E-state index is 0.0467. The third-order valence-corrected chi connectivity index (χ3v) is 2.96. The van der Waals surface area contributed by atoms with Crippen LogP contribution in [0.5, 0.6) is 5.75 Å². The van der Waals surface area contributed by atoms with Crippen molar-refractivity contribution in [3.05, 3.63) is 28.7 Å². The van der Waals surface area contributed by atoms with Gasteiger partial charge in [0.2, 0.25) is 5.91 Å². The van der Waals surface area contributed by atoms with E-state index < -0.39 is 5.91 Å². The lowest BCUT2D eigenvalue weighted by Crippen LogP contribution is -2.49. The summed E-state index contributed by atoms with van der Waals surface area (Å²) >= 11 is 8.15. The Bertz CT molecular complexity index is 508. The number of benzene rings is 1. The lowest BCUT2D eigenvalue weighted by atomic mass is 10.3. The van der Waals surface area contributed by atoms with Gasteiger partial charge in [0.1, 0.15) is 5.75 Å². The maximum atomic E-state index is 11.5. The zero-order valence-electron chi connectivity index (χ0n) is 11.4. The minimum Gasteiger partial charge on any atom is -0.484 e. The number of carbonyl (C=O) groups is 2. The minimum atomic E-state index is -0.412. The number of nitrogens with one attached hydrogen (secondary N) is 3. The molecule has 0 unspecified atom stereocenters. The molecule has 0 aromatic heterocycles. The zero-order valence-corrected chi connectivity index (χ0v) is 13.8. The second-order valence-corrected chi connectivity index (χ2v) is 5.37. The maximum Gasteiger partial charge on any atom is 0.276 e. The molecule has 21 heavy (non-hydrogen) atoms. The number of halogens is 1. The molecule has 0 aliphatic rings. The lowest BCUT2D eigenvalue weighted by molar-refractivity contribution is -0.124. The molecule has 1 aromatic rings. The summed E-state index contributed by atoms with van der Waals surface area (Å²) in [4.78, 5) is 22.8. The Balaban J connectivity index is 2.23. The van der Waals surface area contributed by atoms with E-state index in [-0.39, 0.29) is 17.6 Å². The van der Waals surface area contributed by atoms with E-state index in [1.54, 1.807) is 12.1 Å². The van der Waals surface area contributed by atoms with Crippen LogP contribution in [0.15, 0.2) is 28.7 Å². The Morgan fingerprint density at radius 3 is 2.48 bits per heavy atom. The van der Waals surface area contributed by atoms with Gasteiger partial charge in [-0.3, -0.25) is 20.4 Å². The Morgan fingerprint density at radius 2 is 1.86 bits per heavy atom. The van der Waals surface area contributed by atoms with Crippen molar-refractivity contribution in [1.82, 2.24) is 16.2 Å². The molecule has 0 aliphatic carbocycles. The van der Waals surface area contributed by atoms with Gasteiger partial charge in [0.15, 0.2) is 11.7 Å². The Kier molecular flexibility index (Phi) is 7.70. The van der Waals surface area contributed by atoms with E-state index in [1.165, 1.54) is 0 Å². The van der Waals surface area contributed by atoms with Gasteiger partial charge in [-0.2, -0.15) is 0 Å². The van der Waals surface area contributed by atoms with Crippen molar-refractivity contribution < 1.29 is 14.3 Å². The van der Waals surface area contributed by atoms with Crippen molar-refractivity contribution in [1.29, 1.82) is 0 Å². The molecular formula is C13H16BrN3O3S. The highest BCUT2D eigenvalue weighted by Crippen LogP contribution is 2.15. The van der Waals surface area contributed by atoms with E-state index in [4.69, 9.17) is 17.0 Å². The predicted molar refractivity (Wildman–Crippen MR) is 86.6 cm³/mol. The molecule has 0 heterocycles. The third kappa shape index (κ3) is 7.62. The van der Waals surface area contributed by atoms with Gasteiger partial charge < -0.3 is 10.1 Å². The molecular weight excluding hydrogens is 358 g/mol. The fraction of sp³-hybridized carbons (Fsp3) is 0.308. The first-order valence-electron chi connectivity index (χ1n) is 6.28. The van der Waals surface area contributed by atoms with Crippen LogP contribution in [0.1, 0.15) is 19.8 Å². The van der Waals surface area contributed by atoms with Crippen LogP contribution in [0.25, 0.3) is 0 Å². The third-order valence-electron chi connectivity index (χ3n) is 2.23. The molecule has 0 spiro atoms. The SMILES string of the molecule is CCCC(=O)NC(=S)NNC(=O)COc1ccc(Br)cc1. The highest BCUT2D eigenvalue weighted by atomic mass is 79.9. The first kappa shape index (κ1) is 17.4. The molecule has 3 N–H and O–H groups in total. The van der Waals surface area contributed by atoms with Gasteiger partial charge in [-0.15, -0.1) is 0 Å². The van der Waals surface area contributed by atoms with E-state index in [0.29, 0.717) is 12.2 Å². The number of hydrazine groups is 1. The molecule has 0 radical (unpaired) electrons. The van der Waals surface area contributed by atoms with Crippen LogP contribution in [-0.2, 0) is 9.59 Å². The van der Waals surface area contributed by atoms with E-state index >= 15 is 0 Å². The molecule has 1 aromatic carbocycles. The summed E-state index contributed by atoms with van der Waals surface area (Å²) in [5.41, 5.74) is 4.76. The molecule has 0 bridgehead atoms. The van der Waals surface area contributed by atoms with Gasteiger partial charge in [0.05, 0.1) is 0 Å². The second-order valence-electron chi connectivity index (χ2n) is 4.04. The molecule has 0 saturated carbocycles. The second kappa shape index (κ2) is 9.30. The van der Waals surface area contributed by atoms with Gasteiger partial charge in [-0.05, 0) is 42.9 Å². The Hall–Kier alpha value is -1.67. The average molecular weight is 374 g/mol. The molecule has 0 saturated heterocycles. The number of carbonyl (C=O) groups excluding carboxylic acids is 2. The smallest absolute Gasteiger partial charge is 0.276 e. The molecule has 0 aliphatic heterocycles. The number of rotatable bonds is 5. The van der Waals surface area contributed by atoms with E-state index in [9.17, 15) is 9.59 Å². The van der Waals surface area contributed by atoms with Crippen molar-refractivity contribution in [2.75, 3.05) is 6.61 Å². The van der Waals surface area contributed by atoms with Crippen LogP contribution in [-0.4, -0.2) is 23.5 Å². The van der Waals surface area contributed by atoms with Crippen LogP contribution in [0, 0.1) is 0 Å². The topological polar surface area (TPSA) is 79.5 Å². The number of ether oxygens (including phenoxy) is 1. The van der Waals surface area contributed by atoms with Crippen molar-refractivity contribution in [2.24, 2.45) is 0 Å². The molecule has 0 fully saturated rings. The van der Waals surface area contributed by atoms with Crippen molar-refractivity contribution in [3.63, 3.8) is 0 Å². The van der Waals surface area contributed by atoms with Crippen molar-refractivity contribution >= 4 is 45.1 Å². The van der Waals surface area contributed by atoms with Crippen molar-refractivity contribution in [3.8, 4) is 5.75 Å². The lowest BCUT2D eigenvalue weighted by Gasteiger charge is -2.11. The monoisotopic (exact) mass is 373 g/mol. The van der Waals surface area contributed by atoms with Crippen LogP contribution in [0.3, 0.4) is 0 Å². The van der Waals surface area contributed by atoms with Crippen LogP contribution < -0.4 is 20.9 Å². The standard InChI is InChI=1S/C13H16BrN3O3S/c1-2-3-11(18)15-13(21)17-16-12(19)8-20-10-6-4-9(14)5-7-10/h4-7H,2-3,8H2,1H3,(H,16,19)(H2,15,17,18,21). The van der Waals surface area contributed by atoms with Gasteiger partial charge in [0, 0.05) is 10.9 Å². The Morgan fingerprint density at radius 1 is 1.19 bits per heavy atom. The summed E-state index contributed by atoms with van der Waals surface area (Å²) in [6, 6.07) is 7.09. The fourth-order valence-corrected chi connectivity index (χ4v) is 1.72. The molecule has 114 valence electrons. The molecule has 6 nitrogen and oxygen atoms in total. The fourth-order valence-electron chi connectivity index (χ4n) is 1.29. The molecule has 1 rings (SSSR count). The van der Waals surface area contributed by atoms with Gasteiger partial charge in [-0.25, -0.2) is 0 Å². The van der Waals surface area contributed by atoms with Crippen LogP contribution in [0.4, 0.5) is 0 Å². The van der Waals surface area contributed by atoms with Crippen LogP contribution >= 0.6 is 28.1 Å². The number of hydrogen-bond acceptors (Lipinski definition) is 4. The number of amides is 2. The molecule has 2 amide bonds. The summed E-state index contributed by atoms with van der Waals surface area (Å²) in [7, 11) is 0. The first-order valence-corrected chi connectivity index (χ1v) is 7.48. The average Bonchev–Trinajstić information content (AvgIpc) is 2.44. The highest BCUT2D eigenvalue weighted by molar-refractivity contribution is 9.10. The van der Waals surface area contributed by atoms with E-state index in [1.807, 2.05) is 19.1 Å². The first-order chi connectivity index (χ1) is 10.0. The molecule has 8 heteroatoms. The van der Waals surface area contributed by atoms with Gasteiger partial charge in [0.25, 0.3) is 5.91 Å². The highest BCUT2D eigenvalue weighted by Gasteiger charge is 2.05. The number of hydrogen-bond donors (Lipinski definition) is 3. The van der Waals surface area contributed by atoms with Gasteiger partial charge in [-0.1, -0.05) is 22.9 Å². The van der Waals surface area contributed by atoms with E-state index in [0.717, 1.165) is 10.9 Å². The summed E-state index contributed by atoms with van der Waals surface area (Å²) in [5, 5.41) is 2.48. The van der Waals surface area contributed by atoms with Crippen LogP contribution in [0.2, 0.25) is 0 Å². The summed E-state index contributed by atoms with van der Waals surface area (Å²) in [5.74, 6) is -0.0347. The predicted octanol–water partition coefficient (Wildman–Crippen LogP) is 1.65. The maximum absolute atomic E-state index is 11.5. The summed E-state index contributed by atoms with van der Waals surface area (Å²) in [6.07, 6.45) is 1.10. The summed E-state index contributed by atoms with van der Waals surface area (Å²) in [6.45, 7) is 1.72. The van der Waals surface area contributed by atoms with Gasteiger partial charge >= 0.3 is 0 Å². The largest absolute Gasteiger partial charge is 0.484 e. The number of thiocarbonyl (C=S) groups is 1. The summed E-state index contributed by atoms with van der Waals surface area (Å²) < 4.78 is 6.20. The van der Waals surface area contributed by atoms with E-state index in [2.05, 4.69) is 32.1 Å². The normalized spacial score (nSPS) is 9.62. The molecule has 0 atom stereocenters. The Labute approximate surface area is 136 Å². The van der Waals surface area contributed by atoms with Crippen molar-refractivity contribution in [2.45, 2.75) is 19.8 Å². The quantitative estimate of drug-likeness (QED) is 0.540. The zero-order chi connectivity index (χ0) is 15.7.